The molecule has 4 nitrogen and oxygen atoms in total. The second kappa shape index (κ2) is 11.5. The van der Waals surface area contributed by atoms with E-state index >= 15 is 0 Å². The first kappa shape index (κ1) is 27.6. The summed E-state index contributed by atoms with van der Waals surface area (Å²) in [5.74, 6) is -0.469. The molecule has 4 rings (SSSR count). The van der Waals surface area contributed by atoms with E-state index < -0.39 is 28.0 Å². The SMILES string of the molecule is CCOC(=O)C([Se]c1ccccc1)[C@H]1C=C[C@@H](S(=O)(=O)c2ccc(C)cc2)[C@@H]1[Si](C)(C)c1ccccc1. The summed E-state index contributed by atoms with van der Waals surface area (Å²) in [7, 11) is -6.08. The Morgan fingerprint density at radius 3 is 2.11 bits per heavy atom. The third kappa shape index (κ3) is 5.85. The minimum absolute atomic E-state index is 0.218. The molecule has 1 aliphatic rings. The summed E-state index contributed by atoms with van der Waals surface area (Å²) < 4.78 is 34.9. The first-order chi connectivity index (χ1) is 17.7. The molecule has 0 N–H and O–H groups in total. The maximum absolute atomic E-state index is 14.1. The zero-order chi connectivity index (χ0) is 26.6. The molecule has 0 saturated heterocycles. The normalized spacial score (nSPS) is 20.5. The van der Waals surface area contributed by atoms with Crippen molar-refractivity contribution < 1.29 is 17.9 Å². The molecule has 1 unspecified atom stereocenters. The van der Waals surface area contributed by atoms with Gasteiger partial charge in [-0.2, -0.15) is 0 Å². The number of rotatable bonds is 9. The van der Waals surface area contributed by atoms with Gasteiger partial charge in [-0.3, -0.25) is 0 Å². The maximum atomic E-state index is 14.1. The predicted molar refractivity (Wildman–Crippen MR) is 154 cm³/mol. The van der Waals surface area contributed by atoms with E-state index in [4.69, 9.17) is 4.74 Å². The molecule has 0 amide bonds. The first-order valence-electron chi connectivity index (χ1n) is 12.6. The summed E-state index contributed by atoms with van der Waals surface area (Å²) in [6, 6.07) is 27.3. The van der Waals surface area contributed by atoms with Gasteiger partial charge in [0.25, 0.3) is 0 Å². The molecule has 3 aromatic carbocycles. The van der Waals surface area contributed by atoms with Crippen molar-refractivity contribution in [3.63, 3.8) is 0 Å². The Morgan fingerprint density at radius 1 is 0.919 bits per heavy atom. The molecule has 0 spiro atoms. The van der Waals surface area contributed by atoms with Gasteiger partial charge >= 0.3 is 229 Å². The average molecular weight is 598 g/mol. The number of esters is 1. The summed E-state index contributed by atoms with van der Waals surface area (Å²) >= 11 is -0.218. The zero-order valence-electron chi connectivity index (χ0n) is 21.7. The Kier molecular flexibility index (Phi) is 8.59. The molecule has 0 heterocycles. The van der Waals surface area contributed by atoms with Gasteiger partial charge in [-0.1, -0.05) is 0 Å². The second-order valence-corrected chi connectivity index (χ2v) is 19.3. The van der Waals surface area contributed by atoms with E-state index in [0.29, 0.717) is 11.5 Å². The number of sulfone groups is 1. The zero-order valence-corrected chi connectivity index (χ0v) is 25.2. The molecule has 0 aliphatic heterocycles. The van der Waals surface area contributed by atoms with Crippen LogP contribution in [0.2, 0.25) is 23.5 Å². The number of carbonyl (C=O) groups is 1. The Morgan fingerprint density at radius 2 is 1.51 bits per heavy atom. The van der Waals surface area contributed by atoms with E-state index in [2.05, 4.69) is 25.2 Å². The van der Waals surface area contributed by atoms with Crippen LogP contribution in [0.15, 0.2) is 102 Å². The third-order valence-electron chi connectivity index (χ3n) is 7.23. The summed E-state index contributed by atoms with van der Waals surface area (Å²) in [6.45, 7) is 8.54. The van der Waals surface area contributed by atoms with Gasteiger partial charge in [0.2, 0.25) is 0 Å². The van der Waals surface area contributed by atoms with Crippen LogP contribution in [0.1, 0.15) is 12.5 Å². The fourth-order valence-electron chi connectivity index (χ4n) is 5.27. The van der Waals surface area contributed by atoms with Crippen LogP contribution in [0.4, 0.5) is 0 Å². The Balaban J connectivity index is 1.83. The minimum atomic E-state index is -3.67. The molecule has 1 aliphatic carbocycles. The van der Waals surface area contributed by atoms with E-state index in [0.717, 1.165) is 10.0 Å². The molecule has 3 aromatic rings. The summed E-state index contributed by atoms with van der Waals surface area (Å²) in [5, 5.41) is 0.484. The van der Waals surface area contributed by atoms with Crippen molar-refractivity contribution in [3.8, 4) is 0 Å². The molecular weight excluding hydrogens is 563 g/mol. The van der Waals surface area contributed by atoms with Crippen molar-refractivity contribution in [1.82, 2.24) is 0 Å². The monoisotopic (exact) mass is 598 g/mol. The molecule has 0 bridgehead atoms. The van der Waals surface area contributed by atoms with Gasteiger partial charge in [0.05, 0.1) is 0 Å². The van der Waals surface area contributed by atoms with Crippen LogP contribution >= 0.6 is 0 Å². The van der Waals surface area contributed by atoms with Crippen LogP contribution in [0.5, 0.6) is 0 Å². The van der Waals surface area contributed by atoms with Crippen molar-refractivity contribution in [2.45, 2.75) is 47.4 Å². The quantitative estimate of drug-likeness (QED) is 0.204. The predicted octanol–water partition coefficient (Wildman–Crippen LogP) is 4.69. The van der Waals surface area contributed by atoms with E-state index in [9.17, 15) is 13.2 Å². The van der Waals surface area contributed by atoms with Crippen LogP contribution in [0.25, 0.3) is 0 Å². The summed E-state index contributed by atoms with van der Waals surface area (Å²) in [5.41, 5.74) is 0.795. The Labute approximate surface area is 228 Å². The number of hydrogen-bond donors (Lipinski definition) is 0. The summed E-state index contributed by atoms with van der Waals surface area (Å²) in [6.07, 6.45) is 3.86. The van der Waals surface area contributed by atoms with Crippen LogP contribution < -0.4 is 9.65 Å². The van der Waals surface area contributed by atoms with Gasteiger partial charge in [-0.05, 0) is 0 Å². The Bertz CT molecular complexity index is 1340. The molecular formula is C30H34O4SSeSi. The molecule has 37 heavy (non-hydrogen) atoms. The topological polar surface area (TPSA) is 60.4 Å². The van der Waals surface area contributed by atoms with Crippen molar-refractivity contribution >= 4 is 48.5 Å². The number of benzene rings is 3. The second-order valence-electron chi connectivity index (χ2n) is 10.0. The molecule has 7 heteroatoms. The molecule has 0 fully saturated rings. The van der Waals surface area contributed by atoms with Crippen molar-refractivity contribution in [2.75, 3.05) is 6.61 Å². The summed E-state index contributed by atoms with van der Waals surface area (Å²) in [4.78, 5) is 13.4. The third-order valence-corrected chi connectivity index (χ3v) is 16.5. The van der Waals surface area contributed by atoms with Crippen molar-refractivity contribution in [3.05, 3.63) is 103 Å². The van der Waals surface area contributed by atoms with E-state index in [1.807, 2.05) is 86.7 Å². The van der Waals surface area contributed by atoms with Gasteiger partial charge < -0.3 is 0 Å². The number of carbonyl (C=O) groups excluding carboxylic acids is 1. The van der Waals surface area contributed by atoms with Gasteiger partial charge in [-0.25, -0.2) is 0 Å². The number of hydrogen-bond acceptors (Lipinski definition) is 4. The van der Waals surface area contributed by atoms with Gasteiger partial charge in [0, 0.05) is 0 Å². The van der Waals surface area contributed by atoms with E-state index in [1.165, 1.54) is 5.19 Å². The molecule has 4 atom stereocenters. The van der Waals surface area contributed by atoms with Gasteiger partial charge in [0.1, 0.15) is 0 Å². The van der Waals surface area contributed by atoms with Crippen molar-refractivity contribution in [1.29, 1.82) is 0 Å². The van der Waals surface area contributed by atoms with E-state index in [1.54, 1.807) is 12.1 Å². The molecule has 0 radical (unpaired) electrons. The van der Waals surface area contributed by atoms with Crippen LogP contribution in [0, 0.1) is 12.8 Å². The fraction of sp³-hybridized carbons (Fsp3) is 0.300. The number of allylic oxidation sites excluding steroid dienone is 1. The van der Waals surface area contributed by atoms with Gasteiger partial charge in [0.15, 0.2) is 0 Å². The van der Waals surface area contributed by atoms with Crippen molar-refractivity contribution in [2.24, 2.45) is 5.92 Å². The van der Waals surface area contributed by atoms with Crippen LogP contribution in [-0.4, -0.2) is 49.3 Å². The molecule has 0 aromatic heterocycles. The van der Waals surface area contributed by atoms with Gasteiger partial charge in [-0.15, -0.1) is 0 Å². The van der Waals surface area contributed by atoms with Crippen LogP contribution in [0.3, 0.4) is 0 Å². The number of ether oxygens (including phenoxy) is 1. The fourth-order valence-corrected chi connectivity index (χ4v) is 15.0. The van der Waals surface area contributed by atoms with Crippen LogP contribution in [-0.2, 0) is 19.4 Å². The first-order valence-corrected chi connectivity index (χ1v) is 19.1. The standard InChI is InChI=1S/C30H34O4SSeSi/c1-5-34-30(31)28(36-24-12-8-6-9-13-24)26-20-21-27(35(32,33)23-18-16-22(2)17-19-23)29(26)37(3,4)25-14-10-7-11-15-25/h6-21,26-29H,5H2,1-4H3/t26-,27-,28?,29-/m1/s1. The average Bonchev–Trinajstić information content (AvgIpc) is 3.35. The molecule has 194 valence electrons. The van der Waals surface area contributed by atoms with E-state index in [-0.39, 0.29) is 32.4 Å². The Hall–Kier alpha value is -2.44. The molecule has 0 saturated carbocycles. The number of aryl methyl sites for hydroxylation is 1.